The summed E-state index contributed by atoms with van der Waals surface area (Å²) in [5.41, 5.74) is 0. The van der Waals surface area contributed by atoms with E-state index < -0.39 is 5.38 Å². The molecule has 3 amide bonds. The van der Waals surface area contributed by atoms with Gasteiger partial charge in [-0.2, -0.15) is 0 Å². The molecule has 2 fully saturated rings. The molecule has 0 saturated carbocycles. The zero-order valence-corrected chi connectivity index (χ0v) is 8.95. The Balaban J connectivity index is 2.10. The number of fused-ring (bicyclic) bond motifs is 1. The summed E-state index contributed by atoms with van der Waals surface area (Å²) in [6.07, 6.45) is 0. The van der Waals surface area contributed by atoms with Crippen molar-refractivity contribution >= 4 is 29.3 Å². The number of amides is 3. The van der Waals surface area contributed by atoms with Crippen LogP contribution >= 0.6 is 11.6 Å². The Bertz CT molecular complexity index is 320. The number of imide groups is 1. The third kappa shape index (κ3) is 1.61. The molecule has 2 aliphatic heterocycles. The van der Waals surface area contributed by atoms with E-state index in [-0.39, 0.29) is 29.6 Å². The van der Waals surface area contributed by atoms with Gasteiger partial charge in [0.05, 0.1) is 11.8 Å². The zero-order valence-electron chi connectivity index (χ0n) is 8.20. The molecular formula is C9H11ClN2O3. The molecule has 0 aliphatic carbocycles. The average Bonchev–Trinajstić information content (AvgIpc) is 2.68. The van der Waals surface area contributed by atoms with E-state index in [9.17, 15) is 14.4 Å². The highest BCUT2D eigenvalue weighted by atomic mass is 35.5. The van der Waals surface area contributed by atoms with Crippen LogP contribution in [0.3, 0.4) is 0 Å². The fraction of sp³-hybridized carbons (Fsp3) is 0.667. The first kappa shape index (κ1) is 10.4. The summed E-state index contributed by atoms with van der Waals surface area (Å²) in [7, 11) is 0. The highest BCUT2D eigenvalue weighted by Gasteiger charge is 2.49. The number of nitrogens with zero attached hydrogens (tertiary/aromatic N) is 1. The number of alkyl halides is 1. The molecule has 0 aromatic heterocycles. The van der Waals surface area contributed by atoms with Gasteiger partial charge >= 0.3 is 0 Å². The van der Waals surface area contributed by atoms with Crippen molar-refractivity contribution in [1.29, 1.82) is 0 Å². The zero-order chi connectivity index (χ0) is 11.2. The number of nitrogens with one attached hydrogen (secondary N) is 1. The van der Waals surface area contributed by atoms with Crippen LogP contribution in [0.4, 0.5) is 0 Å². The van der Waals surface area contributed by atoms with Crippen LogP contribution in [-0.2, 0) is 14.4 Å². The van der Waals surface area contributed by atoms with Crippen LogP contribution in [0.5, 0.6) is 0 Å². The summed E-state index contributed by atoms with van der Waals surface area (Å²) in [6.45, 7) is 2.19. The second-order valence-electron chi connectivity index (χ2n) is 3.93. The van der Waals surface area contributed by atoms with E-state index in [4.69, 9.17) is 11.6 Å². The number of halogens is 1. The Kier molecular flexibility index (Phi) is 2.42. The molecule has 0 spiro atoms. The van der Waals surface area contributed by atoms with Gasteiger partial charge in [-0.05, 0) is 6.92 Å². The summed E-state index contributed by atoms with van der Waals surface area (Å²) in [6, 6.07) is 0. The SMILES string of the molecule is CC(Cl)C(=O)N1CC2C(=O)NC(=O)C2C1. The maximum atomic E-state index is 11.5. The van der Waals surface area contributed by atoms with Gasteiger partial charge in [-0.1, -0.05) is 0 Å². The molecule has 0 aromatic rings. The van der Waals surface area contributed by atoms with Crippen molar-refractivity contribution in [3.63, 3.8) is 0 Å². The van der Waals surface area contributed by atoms with Crippen molar-refractivity contribution in [2.75, 3.05) is 13.1 Å². The van der Waals surface area contributed by atoms with Gasteiger partial charge < -0.3 is 4.90 Å². The maximum Gasteiger partial charge on any atom is 0.240 e. The molecule has 1 N–H and O–H groups in total. The average molecular weight is 231 g/mol. The molecule has 2 rings (SSSR count). The smallest absolute Gasteiger partial charge is 0.240 e. The standard InChI is InChI=1S/C9H11ClN2O3/c1-4(10)9(15)12-2-5-6(3-12)8(14)11-7(5)13/h4-6H,2-3H2,1H3,(H,11,13,14). The molecule has 5 nitrogen and oxygen atoms in total. The molecule has 15 heavy (non-hydrogen) atoms. The van der Waals surface area contributed by atoms with E-state index in [0.29, 0.717) is 13.1 Å². The minimum atomic E-state index is -0.609. The van der Waals surface area contributed by atoms with Crippen molar-refractivity contribution in [2.24, 2.45) is 11.8 Å². The van der Waals surface area contributed by atoms with Gasteiger partial charge in [-0.25, -0.2) is 0 Å². The molecule has 3 atom stereocenters. The number of hydrogen-bond donors (Lipinski definition) is 1. The molecule has 6 heteroatoms. The summed E-state index contributed by atoms with van der Waals surface area (Å²) >= 11 is 5.66. The molecular weight excluding hydrogens is 220 g/mol. The van der Waals surface area contributed by atoms with E-state index in [1.807, 2.05) is 0 Å². The number of rotatable bonds is 1. The van der Waals surface area contributed by atoms with Gasteiger partial charge in [0.15, 0.2) is 0 Å². The number of carbonyl (C=O) groups excluding carboxylic acids is 3. The molecule has 0 aromatic carbocycles. The monoisotopic (exact) mass is 230 g/mol. The first-order valence-electron chi connectivity index (χ1n) is 4.78. The van der Waals surface area contributed by atoms with E-state index in [1.165, 1.54) is 4.90 Å². The summed E-state index contributed by atoms with van der Waals surface area (Å²) in [5.74, 6) is -1.52. The van der Waals surface area contributed by atoms with Crippen molar-refractivity contribution in [1.82, 2.24) is 10.2 Å². The van der Waals surface area contributed by atoms with E-state index in [0.717, 1.165) is 0 Å². The van der Waals surface area contributed by atoms with Gasteiger partial charge in [-0.3, -0.25) is 19.7 Å². The highest BCUT2D eigenvalue weighted by Crippen LogP contribution is 2.28. The van der Waals surface area contributed by atoms with Crippen LogP contribution in [0, 0.1) is 11.8 Å². The van der Waals surface area contributed by atoms with E-state index in [2.05, 4.69) is 5.32 Å². The molecule has 2 saturated heterocycles. The van der Waals surface area contributed by atoms with Crippen molar-refractivity contribution in [3.05, 3.63) is 0 Å². The van der Waals surface area contributed by atoms with Crippen molar-refractivity contribution in [3.8, 4) is 0 Å². The maximum absolute atomic E-state index is 11.5. The van der Waals surface area contributed by atoms with E-state index in [1.54, 1.807) is 6.92 Å². The molecule has 0 bridgehead atoms. The molecule has 0 radical (unpaired) electrons. The lowest BCUT2D eigenvalue weighted by Crippen LogP contribution is -2.38. The quantitative estimate of drug-likeness (QED) is 0.481. The lowest BCUT2D eigenvalue weighted by molar-refractivity contribution is -0.131. The Labute approximate surface area is 91.7 Å². The van der Waals surface area contributed by atoms with E-state index >= 15 is 0 Å². The first-order valence-corrected chi connectivity index (χ1v) is 5.22. The number of hydrogen-bond acceptors (Lipinski definition) is 3. The van der Waals surface area contributed by atoms with Crippen LogP contribution < -0.4 is 5.32 Å². The Hall–Kier alpha value is -1.10. The summed E-state index contributed by atoms with van der Waals surface area (Å²) in [4.78, 5) is 35.6. The number of likely N-dealkylation sites (tertiary alicyclic amines) is 1. The third-order valence-electron chi connectivity index (χ3n) is 2.89. The largest absolute Gasteiger partial charge is 0.340 e. The fourth-order valence-electron chi connectivity index (χ4n) is 2.07. The predicted octanol–water partition coefficient (Wildman–Crippen LogP) is -0.655. The van der Waals surface area contributed by atoms with Crippen molar-refractivity contribution in [2.45, 2.75) is 12.3 Å². The summed E-state index contributed by atoms with van der Waals surface area (Å²) < 4.78 is 0. The topological polar surface area (TPSA) is 66.5 Å². The van der Waals surface area contributed by atoms with Crippen LogP contribution in [0.25, 0.3) is 0 Å². The van der Waals surface area contributed by atoms with Crippen LogP contribution in [0.2, 0.25) is 0 Å². The van der Waals surface area contributed by atoms with Crippen LogP contribution in [0.15, 0.2) is 0 Å². The highest BCUT2D eigenvalue weighted by molar-refractivity contribution is 6.30. The van der Waals surface area contributed by atoms with Crippen LogP contribution in [-0.4, -0.2) is 41.1 Å². The Morgan fingerprint density at radius 2 is 1.87 bits per heavy atom. The van der Waals surface area contributed by atoms with Gasteiger partial charge in [0, 0.05) is 13.1 Å². The Morgan fingerprint density at radius 3 is 2.27 bits per heavy atom. The number of carbonyl (C=O) groups is 3. The van der Waals surface area contributed by atoms with Gasteiger partial charge in [0.25, 0.3) is 0 Å². The molecule has 82 valence electrons. The first-order chi connectivity index (χ1) is 7.00. The lowest BCUT2D eigenvalue weighted by Gasteiger charge is -2.18. The van der Waals surface area contributed by atoms with Gasteiger partial charge in [-0.15, -0.1) is 11.6 Å². The fourth-order valence-corrected chi connectivity index (χ4v) is 2.21. The molecule has 2 aliphatic rings. The van der Waals surface area contributed by atoms with Crippen LogP contribution in [0.1, 0.15) is 6.92 Å². The Morgan fingerprint density at radius 1 is 1.40 bits per heavy atom. The summed E-state index contributed by atoms with van der Waals surface area (Å²) in [5, 5.41) is 1.65. The molecule has 2 heterocycles. The minimum absolute atomic E-state index is 0.216. The lowest BCUT2D eigenvalue weighted by atomic mass is 10.00. The van der Waals surface area contributed by atoms with Gasteiger partial charge in [0.2, 0.25) is 17.7 Å². The van der Waals surface area contributed by atoms with Crippen molar-refractivity contribution < 1.29 is 14.4 Å². The third-order valence-corrected chi connectivity index (χ3v) is 3.08. The molecule has 3 unspecified atom stereocenters. The predicted molar refractivity (Wildman–Crippen MR) is 52.0 cm³/mol. The minimum Gasteiger partial charge on any atom is -0.340 e. The second kappa shape index (κ2) is 3.48. The second-order valence-corrected chi connectivity index (χ2v) is 4.58. The van der Waals surface area contributed by atoms with Gasteiger partial charge in [0.1, 0.15) is 5.38 Å². The normalized spacial score (nSPS) is 31.5.